The van der Waals surface area contributed by atoms with Gasteiger partial charge in [-0.3, -0.25) is 0 Å². The minimum atomic E-state index is -0.495. The van der Waals surface area contributed by atoms with Crippen molar-refractivity contribution in [2.75, 3.05) is 0 Å². The van der Waals surface area contributed by atoms with Crippen LogP contribution in [0.25, 0.3) is 17.0 Å². The summed E-state index contributed by atoms with van der Waals surface area (Å²) in [5, 5.41) is 1.49. The van der Waals surface area contributed by atoms with Gasteiger partial charge in [-0.15, -0.1) is 0 Å². The molecular weight excluding hydrogens is 412 g/mol. The number of hydrogen-bond donors (Lipinski definition) is 0. The van der Waals surface area contributed by atoms with E-state index in [0.717, 1.165) is 35.1 Å². The van der Waals surface area contributed by atoms with Crippen LogP contribution in [0.1, 0.15) is 50.7 Å². The van der Waals surface area contributed by atoms with Crippen molar-refractivity contribution in [1.29, 1.82) is 0 Å². The third kappa shape index (κ3) is 2.64. The van der Waals surface area contributed by atoms with E-state index in [1.165, 1.54) is 0 Å². The lowest BCUT2D eigenvalue weighted by Crippen LogP contribution is -2.54. The van der Waals surface area contributed by atoms with Crippen LogP contribution in [0.2, 0.25) is 5.02 Å². The van der Waals surface area contributed by atoms with Gasteiger partial charge >= 0.3 is 5.63 Å². The Morgan fingerprint density at radius 2 is 1.87 bits per heavy atom. The quantitative estimate of drug-likeness (QED) is 0.387. The zero-order chi connectivity index (χ0) is 21.5. The number of rotatable bonds is 0. The van der Waals surface area contributed by atoms with Crippen molar-refractivity contribution < 1.29 is 13.9 Å². The van der Waals surface area contributed by atoms with Crippen LogP contribution in [0.15, 0.2) is 57.2 Å². The van der Waals surface area contributed by atoms with Gasteiger partial charge < -0.3 is 13.9 Å². The molecule has 3 aliphatic rings. The molecule has 0 bridgehead atoms. The molecular formula is C26H23ClO4. The van der Waals surface area contributed by atoms with Gasteiger partial charge in [0.1, 0.15) is 28.3 Å². The number of ether oxygens (including phenoxy) is 2. The summed E-state index contributed by atoms with van der Waals surface area (Å²) in [6.07, 6.45) is 3.91. The van der Waals surface area contributed by atoms with Crippen molar-refractivity contribution in [2.24, 2.45) is 5.92 Å². The van der Waals surface area contributed by atoms with Crippen molar-refractivity contribution >= 4 is 28.6 Å². The minimum absolute atomic E-state index is 0.132. The second-order valence-corrected chi connectivity index (χ2v) is 10.0. The van der Waals surface area contributed by atoms with Crippen LogP contribution >= 0.6 is 11.6 Å². The Bertz CT molecular complexity index is 1330. The lowest BCUT2D eigenvalue weighted by Gasteiger charge is -2.53. The third-order valence-corrected chi connectivity index (χ3v) is 7.50. The summed E-state index contributed by atoms with van der Waals surface area (Å²) >= 11 is 6.27. The fourth-order valence-corrected chi connectivity index (χ4v) is 5.91. The van der Waals surface area contributed by atoms with E-state index in [-0.39, 0.29) is 17.5 Å². The molecule has 3 aromatic rings. The van der Waals surface area contributed by atoms with E-state index in [9.17, 15) is 4.79 Å². The fraction of sp³-hybridized carbons (Fsp3) is 0.346. The molecule has 0 radical (unpaired) electrons. The first-order valence-electron chi connectivity index (χ1n) is 10.7. The molecule has 6 rings (SSSR count). The van der Waals surface area contributed by atoms with Gasteiger partial charge in [0.25, 0.3) is 0 Å². The highest BCUT2D eigenvalue weighted by atomic mass is 35.5. The highest BCUT2D eigenvalue weighted by molar-refractivity contribution is 6.30. The molecule has 3 atom stereocenters. The lowest BCUT2D eigenvalue weighted by atomic mass is 9.59. The van der Waals surface area contributed by atoms with E-state index in [1.54, 1.807) is 0 Å². The van der Waals surface area contributed by atoms with Gasteiger partial charge in [0.2, 0.25) is 0 Å². The summed E-state index contributed by atoms with van der Waals surface area (Å²) in [6, 6.07) is 13.3. The fourth-order valence-electron chi connectivity index (χ4n) is 5.73. The smallest absolute Gasteiger partial charge is 0.343 e. The van der Waals surface area contributed by atoms with Gasteiger partial charge in [-0.05, 0) is 75.6 Å². The third-order valence-electron chi connectivity index (χ3n) is 7.27. The number of benzene rings is 2. The first-order valence-corrected chi connectivity index (χ1v) is 11.1. The molecule has 5 heteroatoms. The molecule has 2 aromatic carbocycles. The Morgan fingerprint density at radius 3 is 2.71 bits per heavy atom. The molecule has 1 fully saturated rings. The van der Waals surface area contributed by atoms with Gasteiger partial charge in [0.05, 0.1) is 10.9 Å². The lowest BCUT2D eigenvalue weighted by molar-refractivity contribution is -0.0256. The molecule has 31 heavy (non-hydrogen) atoms. The maximum Gasteiger partial charge on any atom is 0.343 e. The van der Waals surface area contributed by atoms with Gasteiger partial charge in [0, 0.05) is 22.4 Å². The molecule has 0 N–H and O–H groups in total. The number of hydrogen-bond acceptors (Lipinski definition) is 4. The normalized spacial score (nSPS) is 27.7. The number of fused-ring (bicyclic) bond motifs is 8. The molecule has 0 spiro atoms. The van der Waals surface area contributed by atoms with Crippen LogP contribution in [0.4, 0.5) is 0 Å². The van der Waals surface area contributed by atoms with Gasteiger partial charge in [-0.25, -0.2) is 4.79 Å². The summed E-state index contributed by atoms with van der Waals surface area (Å²) < 4.78 is 18.8. The Kier molecular flexibility index (Phi) is 3.78. The summed E-state index contributed by atoms with van der Waals surface area (Å²) in [5.74, 6) is 1.45. The molecule has 2 aliphatic heterocycles. The van der Waals surface area contributed by atoms with Crippen LogP contribution in [-0.4, -0.2) is 11.2 Å². The SMILES string of the molecule is CC1(C)Oc2c(c(=O)oc3ccccc23)[C@H]2C3=Cc4cc(Cl)ccc4O[C@@]3(C)CC[C@H]21. The maximum absolute atomic E-state index is 13.3. The molecule has 0 amide bonds. The summed E-state index contributed by atoms with van der Waals surface area (Å²) in [4.78, 5) is 13.3. The van der Waals surface area contributed by atoms with E-state index < -0.39 is 11.2 Å². The van der Waals surface area contributed by atoms with Crippen molar-refractivity contribution in [3.63, 3.8) is 0 Å². The van der Waals surface area contributed by atoms with Crippen molar-refractivity contribution in [3.05, 3.63) is 74.6 Å². The average Bonchev–Trinajstić information content (AvgIpc) is 2.71. The Labute approximate surface area is 185 Å². The maximum atomic E-state index is 13.3. The van der Waals surface area contributed by atoms with Crippen LogP contribution < -0.4 is 15.1 Å². The van der Waals surface area contributed by atoms with E-state index in [4.69, 9.17) is 25.5 Å². The summed E-state index contributed by atoms with van der Waals surface area (Å²) in [5.41, 5.74) is 1.92. The molecule has 0 saturated heterocycles. The zero-order valence-corrected chi connectivity index (χ0v) is 18.5. The Hall–Kier alpha value is -2.72. The van der Waals surface area contributed by atoms with Gasteiger partial charge in [-0.2, -0.15) is 0 Å². The molecule has 4 nitrogen and oxygen atoms in total. The number of para-hydroxylation sites is 1. The largest absolute Gasteiger partial charge is 0.486 e. The zero-order valence-electron chi connectivity index (χ0n) is 17.7. The van der Waals surface area contributed by atoms with E-state index in [1.807, 2.05) is 42.5 Å². The van der Waals surface area contributed by atoms with Crippen LogP contribution in [0.3, 0.4) is 0 Å². The first kappa shape index (κ1) is 19.0. The van der Waals surface area contributed by atoms with Crippen molar-refractivity contribution in [1.82, 2.24) is 0 Å². The monoisotopic (exact) mass is 434 g/mol. The molecule has 1 aromatic heterocycles. The predicted octanol–water partition coefficient (Wildman–Crippen LogP) is 6.35. The minimum Gasteiger partial charge on any atom is -0.486 e. The molecule has 1 saturated carbocycles. The van der Waals surface area contributed by atoms with E-state index in [0.29, 0.717) is 21.9 Å². The molecule has 3 heterocycles. The van der Waals surface area contributed by atoms with Crippen LogP contribution in [-0.2, 0) is 0 Å². The van der Waals surface area contributed by atoms with E-state index in [2.05, 4.69) is 26.8 Å². The van der Waals surface area contributed by atoms with Crippen LogP contribution in [0, 0.1) is 5.92 Å². The highest BCUT2D eigenvalue weighted by Gasteiger charge is 2.55. The highest BCUT2D eigenvalue weighted by Crippen LogP contribution is 2.59. The van der Waals surface area contributed by atoms with Crippen molar-refractivity contribution in [2.45, 2.75) is 50.7 Å². The van der Waals surface area contributed by atoms with Crippen molar-refractivity contribution in [3.8, 4) is 11.5 Å². The standard InChI is InChI=1S/C26H23ClO4/c1-25(2)17-10-11-26(3)18(13-14-12-15(27)8-9-19(14)30-26)21(17)22-23(31-25)16-6-4-5-7-20(16)29-24(22)28/h4-9,12-13,17,21H,10-11H2,1-3H3/t17-,21-,26+/m1/s1. The van der Waals surface area contributed by atoms with Gasteiger partial charge in [-0.1, -0.05) is 23.7 Å². The predicted molar refractivity (Wildman–Crippen MR) is 121 cm³/mol. The summed E-state index contributed by atoms with van der Waals surface area (Å²) in [6.45, 7) is 6.36. The van der Waals surface area contributed by atoms with Gasteiger partial charge in [0.15, 0.2) is 0 Å². The van der Waals surface area contributed by atoms with E-state index >= 15 is 0 Å². The van der Waals surface area contributed by atoms with Crippen LogP contribution in [0.5, 0.6) is 11.5 Å². The summed E-state index contributed by atoms with van der Waals surface area (Å²) in [7, 11) is 0. The molecule has 0 unspecified atom stereocenters. The topological polar surface area (TPSA) is 48.7 Å². The molecule has 1 aliphatic carbocycles. The second kappa shape index (κ2) is 6.17. The second-order valence-electron chi connectivity index (χ2n) is 9.57. The average molecular weight is 435 g/mol. The first-order chi connectivity index (χ1) is 14.8. The Morgan fingerprint density at radius 1 is 1.06 bits per heavy atom. The Balaban J connectivity index is 1.66. The number of halogens is 1. The molecule has 158 valence electrons.